The zero-order valence-corrected chi connectivity index (χ0v) is 13.8. The molecular formula is C16H26N6. The Labute approximate surface area is 131 Å². The summed E-state index contributed by atoms with van der Waals surface area (Å²) in [6, 6.07) is 0. The molecule has 0 bridgehead atoms. The molecule has 3 rings (SSSR count). The minimum Gasteiger partial charge on any atom is -0.316 e. The monoisotopic (exact) mass is 302 g/mol. The minimum absolute atomic E-state index is 0.517. The van der Waals surface area contributed by atoms with E-state index in [1.54, 1.807) is 0 Å². The molecule has 1 aliphatic rings. The van der Waals surface area contributed by atoms with Crippen LogP contribution in [0.25, 0.3) is 0 Å². The van der Waals surface area contributed by atoms with E-state index in [2.05, 4.69) is 52.4 Å². The highest BCUT2D eigenvalue weighted by molar-refractivity contribution is 5.24. The van der Waals surface area contributed by atoms with E-state index < -0.39 is 0 Å². The molecule has 0 radical (unpaired) electrons. The Balaban J connectivity index is 1.63. The van der Waals surface area contributed by atoms with Gasteiger partial charge in [0, 0.05) is 24.4 Å². The van der Waals surface area contributed by atoms with Crippen molar-refractivity contribution in [1.82, 2.24) is 30.1 Å². The average Bonchev–Trinajstić information content (AvgIpc) is 3.11. The predicted molar refractivity (Wildman–Crippen MR) is 85.9 cm³/mol. The number of aryl methyl sites for hydroxylation is 3. The zero-order valence-electron chi connectivity index (χ0n) is 13.8. The van der Waals surface area contributed by atoms with Crippen LogP contribution in [0.15, 0.2) is 6.20 Å². The number of nitrogens with zero attached hydrogens (tertiary/aromatic N) is 5. The van der Waals surface area contributed by atoms with Gasteiger partial charge in [-0.2, -0.15) is 5.10 Å². The molecule has 1 atom stereocenters. The van der Waals surface area contributed by atoms with Gasteiger partial charge in [-0.05, 0) is 45.2 Å². The topological polar surface area (TPSA) is 60.6 Å². The van der Waals surface area contributed by atoms with Gasteiger partial charge in [0.15, 0.2) is 0 Å². The Morgan fingerprint density at radius 1 is 1.32 bits per heavy atom. The number of piperidine rings is 1. The smallest absolute Gasteiger partial charge is 0.0870 e. The fraction of sp³-hybridized carbons (Fsp3) is 0.688. The maximum Gasteiger partial charge on any atom is 0.0870 e. The number of aromatic nitrogens is 5. The highest BCUT2D eigenvalue weighted by Crippen LogP contribution is 2.20. The summed E-state index contributed by atoms with van der Waals surface area (Å²) in [6.45, 7) is 10.2. The second kappa shape index (κ2) is 6.60. The summed E-state index contributed by atoms with van der Waals surface area (Å²) in [5.41, 5.74) is 4.91. The molecule has 22 heavy (non-hydrogen) atoms. The second-order valence-electron chi connectivity index (χ2n) is 6.18. The number of hydrogen-bond donors (Lipinski definition) is 1. The van der Waals surface area contributed by atoms with Gasteiger partial charge in [-0.25, -0.2) is 0 Å². The van der Waals surface area contributed by atoms with Crippen LogP contribution < -0.4 is 5.32 Å². The molecule has 1 aliphatic heterocycles. The Hall–Kier alpha value is -1.69. The number of rotatable bonds is 5. The van der Waals surface area contributed by atoms with Gasteiger partial charge in [-0.3, -0.25) is 9.36 Å². The fourth-order valence-corrected chi connectivity index (χ4v) is 3.37. The molecule has 0 amide bonds. The highest BCUT2D eigenvalue weighted by atomic mass is 15.4. The maximum atomic E-state index is 4.64. The Morgan fingerprint density at radius 3 is 2.86 bits per heavy atom. The number of hydrogen-bond acceptors (Lipinski definition) is 4. The van der Waals surface area contributed by atoms with E-state index in [9.17, 15) is 0 Å². The molecule has 0 aromatic carbocycles. The number of nitrogens with one attached hydrogen (secondary N) is 1. The van der Waals surface area contributed by atoms with Crippen molar-refractivity contribution in [2.24, 2.45) is 0 Å². The van der Waals surface area contributed by atoms with Crippen molar-refractivity contribution >= 4 is 0 Å². The fourth-order valence-electron chi connectivity index (χ4n) is 3.37. The summed E-state index contributed by atoms with van der Waals surface area (Å²) >= 11 is 0. The van der Waals surface area contributed by atoms with Crippen molar-refractivity contribution in [2.75, 3.05) is 13.1 Å². The van der Waals surface area contributed by atoms with Crippen LogP contribution in [0.2, 0.25) is 0 Å². The Morgan fingerprint density at radius 2 is 2.18 bits per heavy atom. The third-order valence-corrected chi connectivity index (χ3v) is 4.70. The van der Waals surface area contributed by atoms with Crippen molar-refractivity contribution < 1.29 is 0 Å². The van der Waals surface area contributed by atoms with Crippen LogP contribution >= 0.6 is 0 Å². The van der Waals surface area contributed by atoms with Crippen molar-refractivity contribution in [3.63, 3.8) is 0 Å². The highest BCUT2D eigenvalue weighted by Gasteiger charge is 2.18. The van der Waals surface area contributed by atoms with Crippen LogP contribution in [0, 0.1) is 13.8 Å². The van der Waals surface area contributed by atoms with Crippen molar-refractivity contribution in [2.45, 2.75) is 59.0 Å². The van der Waals surface area contributed by atoms with Crippen LogP contribution in [0.3, 0.4) is 0 Å². The first-order valence-corrected chi connectivity index (χ1v) is 8.32. The molecule has 0 unspecified atom stereocenters. The van der Waals surface area contributed by atoms with E-state index in [0.29, 0.717) is 5.92 Å². The first-order valence-electron chi connectivity index (χ1n) is 8.32. The summed E-state index contributed by atoms with van der Waals surface area (Å²) < 4.78 is 4.05. The molecule has 1 fully saturated rings. The van der Waals surface area contributed by atoms with Gasteiger partial charge in [0.1, 0.15) is 0 Å². The first-order chi connectivity index (χ1) is 10.7. The molecule has 0 aliphatic carbocycles. The molecule has 2 aromatic heterocycles. The van der Waals surface area contributed by atoms with Gasteiger partial charge in [0.05, 0.1) is 24.5 Å². The molecule has 6 heteroatoms. The van der Waals surface area contributed by atoms with Crippen LogP contribution in [0.1, 0.15) is 48.3 Å². The van der Waals surface area contributed by atoms with E-state index in [1.165, 1.54) is 24.1 Å². The molecule has 0 saturated carbocycles. The molecule has 3 heterocycles. The summed E-state index contributed by atoms with van der Waals surface area (Å²) in [7, 11) is 0. The van der Waals surface area contributed by atoms with E-state index in [1.807, 2.05) is 4.68 Å². The molecule has 120 valence electrons. The van der Waals surface area contributed by atoms with Crippen molar-refractivity contribution in [3.8, 4) is 0 Å². The largest absolute Gasteiger partial charge is 0.316 e. The summed E-state index contributed by atoms with van der Waals surface area (Å²) in [5.74, 6) is 0.517. The van der Waals surface area contributed by atoms with Gasteiger partial charge in [0.25, 0.3) is 0 Å². The third kappa shape index (κ3) is 3.06. The molecule has 2 aromatic rings. The maximum absolute atomic E-state index is 4.64. The lowest BCUT2D eigenvalue weighted by Gasteiger charge is -2.20. The lowest BCUT2D eigenvalue weighted by Crippen LogP contribution is -2.28. The Bertz CT molecular complexity index is 621. The third-order valence-electron chi connectivity index (χ3n) is 4.70. The molecule has 1 saturated heterocycles. The van der Waals surface area contributed by atoms with Crippen LogP contribution in [0.5, 0.6) is 0 Å². The van der Waals surface area contributed by atoms with Crippen molar-refractivity contribution in [3.05, 3.63) is 28.8 Å². The minimum atomic E-state index is 0.517. The molecular weight excluding hydrogens is 276 g/mol. The van der Waals surface area contributed by atoms with Crippen LogP contribution in [0.4, 0.5) is 0 Å². The quantitative estimate of drug-likeness (QED) is 0.915. The SMILES string of the molecule is CCc1c(C)nn(CCn2cc([C@H]3CCCNC3)nn2)c1C. The molecule has 6 nitrogen and oxygen atoms in total. The summed E-state index contributed by atoms with van der Waals surface area (Å²) in [5, 5.41) is 16.7. The van der Waals surface area contributed by atoms with Crippen molar-refractivity contribution in [1.29, 1.82) is 0 Å². The standard InChI is InChI=1S/C16H26N6/c1-4-15-12(2)19-22(13(15)3)9-8-21-11-16(18-20-21)14-6-5-7-17-10-14/h11,14,17H,4-10H2,1-3H3/t14-/m0/s1. The van der Waals surface area contributed by atoms with Gasteiger partial charge >= 0.3 is 0 Å². The lowest BCUT2D eigenvalue weighted by molar-refractivity contribution is 0.454. The van der Waals surface area contributed by atoms with E-state index in [4.69, 9.17) is 0 Å². The molecule has 0 spiro atoms. The van der Waals surface area contributed by atoms with Gasteiger partial charge in [-0.15, -0.1) is 5.10 Å². The average molecular weight is 302 g/mol. The normalized spacial score (nSPS) is 18.8. The Kier molecular flexibility index (Phi) is 4.57. The van der Waals surface area contributed by atoms with E-state index >= 15 is 0 Å². The van der Waals surface area contributed by atoms with Crippen LogP contribution in [-0.4, -0.2) is 37.9 Å². The zero-order chi connectivity index (χ0) is 15.5. The predicted octanol–water partition coefficient (Wildman–Crippen LogP) is 1.82. The molecule has 1 N–H and O–H groups in total. The van der Waals surface area contributed by atoms with E-state index in [0.717, 1.165) is 44.0 Å². The van der Waals surface area contributed by atoms with Gasteiger partial charge < -0.3 is 5.32 Å². The van der Waals surface area contributed by atoms with Gasteiger partial charge in [0.2, 0.25) is 0 Å². The lowest BCUT2D eigenvalue weighted by atomic mass is 9.97. The summed E-state index contributed by atoms with van der Waals surface area (Å²) in [6.07, 6.45) is 5.58. The second-order valence-corrected chi connectivity index (χ2v) is 6.18. The summed E-state index contributed by atoms with van der Waals surface area (Å²) in [4.78, 5) is 0. The van der Waals surface area contributed by atoms with E-state index in [-0.39, 0.29) is 0 Å². The van der Waals surface area contributed by atoms with Crippen LogP contribution in [-0.2, 0) is 19.5 Å². The van der Waals surface area contributed by atoms with Gasteiger partial charge in [-0.1, -0.05) is 12.1 Å². The first kappa shape index (κ1) is 15.2.